The molecule has 2 aromatic rings. The molecule has 0 saturated heterocycles. The Kier molecular flexibility index (Phi) is 5.12. The van der Waals surface area contributed by atoms with Gasteiger partial charge in [-0.25, -0.2) is 4.39 Å². The average Bonchev–Trinajstić information content (AvgIpc) is 2.45. The van der Waals surface area contributed by atoms with Crippen molar-refractivity contribution in [2.75, 3.05) is 10.0 Å². The van der Waals surface area contributed by atoms with Gasteiger partial charge in [0.15, 0.2) is 0 Å². The molecule has 0 amide bonds. The van der Waals surface area contributed by atoms with E-state index in [0.29, 0.717) is 0 Å². The van der Waals surface area contributed by atoms with E-state index in [1.165, 1.54) is 17.7 Å². The van der Waals surface area contributed by atoms with E-state index < -0.39 is 0 Å². The minimum Gasteiger partial charge on any atom is -0.381 e. The third kappa shape index (κ3) is 5.68. The second-order valence-corrected chi connectivity index (χ2v) is 7.51. The molecule has 2 aromatic carbocycles. The maximum atomic E-state index is 12.8. The van der Waals surface area contributed by atoms with Gasteiger partial charge in [-0.3, -0.25) is 0 Å². The number of hydrogen-bond acceptors (Lipinski definition) is 3. The van der Waals surface area contributed by atoms with Crippen molar-refractivity contribution in [2.24, 2.45) is 0 Å². The molecule has 0 aliphatic heterocycles. The number of nitrogens with one attached hydrogen (secondary N) is 2. The molecule has 2 rings (SSSR count). The highest BCUT2D eigenvalue weighted by Gasteiger charge is 2.10. The highest BCUT2D eigenvalue weighted by atomic mass is 32.2. The van der Waals surface area contributed by atoms with E-state index in [1.54, 1.807) is 24.1 Å². The molecule has 2 nitrogen and oxygen atoms in total. The first-order valence-electron chi connectivity index (χ1n) is 6.95. The van der Waals surface area contributed by atoms with Gasteiger partial charge in [0.1, 0.15) is 5.82 Å². The van der Waals surface area contributed by atoms with Gasteiger partial charge >= 0.3 is 0 Å². The fourth-order valence-corrected chi connectivity index (χ4v) is 2.23. The lowest BCUT2D eigenvalue weighted by Crippen LogP contribution is -2.10. The highest BCUT2D eigenvalue weighted by Crippen LogP contribution is 2.25. The van der Waals surface area contributed by atoms with Crippen LogP contribution in [0.5, 0.6) is 0 Å². The van der Waals surface area contributed by atoms with Crippen LogP contribution >= 0.6 is 11.9 Å². The summed E-state index contributed by atoms with van der Waals surface area (Å²) in [6.07, 6.45) is 0. The van der Waals surface area contributed by atoms with Crippen molar-refractivity contribution >= 4 is 23.3 Å². The summed E-state index contributed by atoms with van der Waals surface area (Å²) in [4.78, 5) is 0. The van der Waals surface area contributed by atoms with Crippen LogP contribution in [0.25, 0.3) is 0 Å². The van der Waals surface area contributed by atoms with Gasteiger partial charge < -0.3 is 10.0 Å². The van der Waals surface area contributed by atoms with Crippen molar-refractivity contribution in [3.05, 3.63) is 59.9 Å². The third-order valence-electron chi connectivity index (χ3n) is 2.77. The standard InChI is InChI=1S/C17H21FN2S/c1-17(2,3)21-20-16-8-4-13(5-9-16)12-19-15-10-6-14(18)7-11-15/h4-11,19-20H,12H2,1-3H3. The molecule has 4 heteroatoms. The summed E-state index contributed by atoms with van der Waals surface area (Å²) in [5.74, 6) is -0.215. The fourth-order valence-electron chi connectivity index (χ4n) is 1.67. The van der Waals surface area contributed by atoms with Gasteiger partial charge in [-0.2, -0.15) is 0 Å². The molecule has 0 aliphatic rings. The smallest absolute Gasteiger partial charge is 0.123 e. The number of anilines is 2. The molecule has 0 atom stereocenters. The monoisotopic (exact) mass is 304 g/mol. The molecule has 0 aliphatic carbocycles. The molecule has 0 radical (unpaired) electrons. The van der Waals surface area contributed by atoms with Crippen LogP contribution in [0.2, 0.25) is 0 Å². The lowest BCUT2D eigenvalue weighted by molar-refractivity contribution is 0.628. The van der Waals surface area contributed by atoms with E-state index in [4.69, 9.17) is 0 Å². The zero-order chi connectivity index (χ0) is 15.3. The minimum absolute atomic E-state index is 0.183. The van der Waals surface area contributed by atoms with Gasteiger partial charge in [-0.05, 0) is 74.7 Å². The van der Waals surface area contributed by atoms with Gasteiger partial charge in [0.05, 0.1) is 0 Å². The van der Waals surface area contributed by atoms with Crippen LogP contribution in [0.1, 0.15) is 26.3 Å². The van der Waals surface area contributed by atoms with E-state index in [1.807, 2.05) is 0 Å². The summed E-state index contributed by atoms with van der Waals surface area (Å²) >= 11 is 1.70. The number of benzene rings is 2. The predicted molar refractivity (Wildman–Crippen MR) is 91.1 cm³/mol. The second kappa shape index (κ2) is 6.85. The first-order chi connectivity index (χ1) is 9.92. The third-order valence-corrected chi connectivity index (χ3v) is 3.72. The molecule has 0 fully saturated rings. The Labute approximate surface area is 130 Å². The number of hydrogen-bond donors (Lipinski definition) is 2. The summed E-state index contributed by atoms with van der Waals surface area (Å²) in [6, 6.07) is 14.7. The first kappa shape index (κ1) is 15.7. The summed E-state index contributed by atoms with van der Waals surface area (Å²) in [7, 11) is 0. The Morgan fingerprint density at radius 3 is 2.05 bits per heavy atom. The first-order valence-corrected chi connectivity index (χ1v) is 7.76. The van der Waals surface area contributed by atoms with E-state index in [2.05, 4.69) is 55.1 Å². The minimum atomic E-state index is -0.215. The Morgan fingerprint density at radius 1 is 0.905 bits per heavy atom. The zero-order valence-electron chi connectivity index (χ0n) is 12.6. The molecule has 0 bridgehead atoms. The Balaban J connectivity index is 1.86. The predicted octanol–water partition coefficient (Wildman–Crippen LogP) is 5.30. The summed E-state index contributed by atoms with van der Waals surface area (Å²) in [6.45, 7) is 7.24. The lowest BCUT2D eigenvalue weighted by Gasteiger charge is -2.18. The summed E-state index contributed by atoms with van der Waals surface area (Å²) in [5, 5.41) is 3.27. The van der Waals surface area contributed by atoms with E-state index in [0.717, 1.165) is 17.9 Å². The Hall–Kier alpha value is -1.68. The fraction of sp³-hybridized carbons (Fsp3) is 0.294. The van der Waals surface area contributed by atoms with Crippen LogP contribution in [-0.2, 0) is 6.54 Å². The second-order valence-electron chi connectivity index (χ2n) is 5.87. The highest BCUT2D eigenvalue weighted by molar-refractivity contribution is 8.01. The van der Waals surface area contributed by atoms with Crippen molar-refractivity contribution in [3.8, 4) is 0 Å². The normalized spacial score (nSPS) is 11.2. The van der Waals surface area contributed by atoms with Crippen molar-refractivity contribution in [3.63, 3.8) is 0 Å². The quantitative estimate of drug-likeness (QED) is 0.733. The summed E-state index contributed by atoms with van der Waals surface area (Å²) < 4.78 is 16.3. The molecule has 0 unspecified atom stereocenters. The van der Waals surface area contributed by atoms with Crippen molar-refractivity contribution < 1.29 is 4.39 Å². The van der Waals surface area contributed by atoms with Crippen molar-refractivity contribution in [2.45, 2.75) is 32.1 Å². The van der Waals surface area contributed by atoms with Gasteiger partial charge in [0.25, 0.3) is 0 Å². The number of halogens is 1. The largest absolute Gasteiger partial charge is 0.381 e. The average molecular weight is 304 g/mol. The molecule has 0 heterocycles. The van der Waals surface area contributed by atoms with Crippen molar-refractivity contribution in [1.82, 2.24) is 0 Å². The Bertz CT molecular complexity index is 559. The molecule has 0 aromatic heterocycles. The molecule has 2 N–H and O–H groups in total. The van der Waals surface area contributed by atoms with Crippen LogP contribution in [0, 0.1) is 5.82 Å². The maximum Gasteiger partial charge on any atom is 0.123 e. The molecular formula is C17H21FN2S. The molecule has 112 valence electrons. The van der Waals surface area contributed by atoms with Crippen LogP contribution in [0.3, 0.4) is 0 Å². The lowest BCUT2D eigenvalue weighted by atomic mass is 10.2. The number of rotatable bonds is 5. The van der Waals surface area contributed by atoms with E-state index in [-0.39, 0.29) is 10.6 Å². The van der Waals surface area contributed by atoms with E-state index in [9.17, 15) is 4.39 Å². The summed E-state index contributed by atoms with van der Waals surface area (Å²) in [5.41, 5.74) is 3.20. The SMILES string of the molecule is CC(C)(C)SNc1ccc(CNc2ccc(F)cc2)cc1. The Morgan fingerprint density at radius 2 is 1.48 bits per heavy atom. The van der Waals surface area contributed by atoms with Gasteiger partial charge in [0.2, 0.25) is 0 Å². The topological polar surface area (TPSA) is 24.1 Å². The molecular weight excluding hydrogens is 283 g/mol. The van der Waals surface area contributed by atoms with Crippen LogP contribution in [0.4, 0.5) is 15.8 Å². The van der Waals surface area contributed by atoms with Gasteiger partial charge in [-0.1, -0.05) is 12.1 Å². The zero-order valence-corrected chi connectivity index (χ0v) is 13.4. The van der Waals surface area contributed by atoms with E-state index >= 15 is 0 Å². The van der Waals surface area contributed by atoms with Crippen LogP contribution in [-0.4, -0.2) is 4.75 Å². The van der Waals surface area contributed by atoms with Crippen LogP contribution < -0.4 is 10.0 Å². The maximum absolute atomic E-state index is 12.8. The van der Waals surface area contributed by atoms with Crippen molar-refractivity contribution in [1.29, 1.82) is 0 Å². The molecule has 0 saturated carbocycles. The molecule has 0 spiro atoms. The van der Waals surface area contributed by atoms with Crippen LogP contribution in [0.15, 0.2) is 48.5 Å². The molecule has 21 heavy (non-hydrogen) atoms. The van der Waals surface area contributed by atoms with Gasteiger partial charge in [0, 0.05) is 22.7 Å². The van der Waals surface area contributed by atoms with Gasteiger partial charge in [-0.15, -0.1) is 0 Å².